The van der Waals surface area contributed by atoms with Gasteiger partial charge in [0.05, 0.1) is 6.21 Å². The van der Waals surface area contributed by atoms with Gasteiger partial charge in [-0.05, 0) is 37.3 Å². The van der Waals surface area contributed by atoms with Crippen LogP contribution in [0, 0.1) is 0 Å². The van der Waals surface area contributed by atoms with Crippen molar-refractivity contribution >= 4 is 45.5 Å². The number of fused-ring (bicyclic) bond motifs is 3. The van der Waals surface area contributed by atoms with E-state index in [4.69, 9.17) is 0 Å². The van der Waals surface area contributed by atoms with E-state index in [0.29, 0.717) is 11.3 Å². The Morgan fingerprint density at radius 2 is 1.86 bits per heavy atom. The van der Waals surface area contributed by atoms with Crippen LogP contribution in [0.15, 0.2) is 72.1 Å². The predicted molar refractivity (Wildman–Crippen MR) is 114 cm³/mol. The minimum absolute atomic E-state index is 0.549. The van der Waals surface area contributed by atoms with Crippen molar-refractivity contribution in [1.82, 2.24) is 15.0 Å². The number of hydrogen-bond donors (Lipinski definition) is 2. The van der Waals surface area contributed by atoms with E-state index in [1.54, 1.807) is 30.6 Å². The molecule has 29 heavy (non-hydrogen) atoms. The Hall–Kier alpha value is -4.00. The lowest BCUT2D eigenvalue weighted by Crippen LogP contribution is -2.32. The molecule has 0 bridgehead atoms. The molecule has 0 aliphatic carbocycles. The summed E-state index contributed by atoms with van der Waals surface area (Å²) in [4.78, 5) is 28.2. The largest absolute Gasteiger partial charge is 0.341 e. The smallest absolute Gasteiger partial charge is 0.329 e. The molecule has 2 aromatic heterocycles. The highest BCUT2D eigenvalue weighted by molar-refractivity contribution is 6.39. The van der Waals surface area contributed by atoms with Crippen molar-refractivity contribution < 1.29 is 9.59 Å². The van der Waals surface area contributed by atoms with Crippen molar-refractivity contribution in [2.45, 2.75) is 13.5 Å². The van der Waals surface area contributed by atoms with Gasteiger partial charge in [-0.1, -0.05) is 24.3 Å². The number of nitrogens with zero attached hydrogens (tertiary/aromatic N) is 3. The Kier molecular flexibility index (Phi) is 5.03. The van der Waals surface area contributed by atoms with E-state index in [1.807, 2.05) is 24.3 Å². The molecule has 4 rings (SSSR count). The number of aryl methyl sites for hydroxylation is 1. The lowest BCUT2D eigenvalue weighted by Gasteiger charge is -2.06. The maximum Gasteiger partial charge on any atom is 0.329 e. The van der Waals surface area contributed by atoms with Crippen LogP contribution < -0.4 is 10.7 Å². The van der Waals surface area contributed by atoms with Crippen LogP contribution in [0.25, 0.3) is 21.8 Å². The highest BCUT2D eigenvalue weighted by atomic mass is 16.2. The molecule has 2 amide bonds. The zero-order chi connectivity index (χ0) is 20.2. The Morgan fingerprint density at radius 3 is 2.66 bits per heavy atom. The standard InChI is InChI=1S/C22H19N5O2/c1-2-27-19-8-4-3-7-17(19)18-12-16(9-10-20(18)27)25-21(28)22(29)26-24-14-15-6-5-11-23-13-15/h3-14H,2H2,1H3,(H,25,28)(H,26,29)/b24-14-. The van der Waals surface area contributed by atoms with Gasteiger partial charge in [-0.3, -0.25) is 14.6 Å². The van der Waals surface area contributed by atoms with E-state index in [0.717, 1.165) is 28.4 Å². The zero-order valence-electron chi connectivity index (χ0n) is 15.8. The summed E-state index contributed by atoms with van der Waals surface area (Å²) in [6.07, 6.45) is 4.65. The number of rotatable bonds is 4. The number of anilines is 1. The SMILES string of the molecule is CCn1c2ccccc2c2cc(NC(=O)C(=O)N/N=C\c3cccnc3)ccc21. The molecular weight excluding hydrogens is 366 g/mol. The number of carbonyl (C=O) groups is 2. The fraction of sp³-hybridized carbons (Fsp3) is 0.0909. The number of para-hydroxylation sites is 1. The predicted octanol–water partition coefficient (Wildman–Crippen LogP) is 3.30. The fourth-order valence-electron chi connectivity index (χ4n) is 3.33. The fourth-order valence-corrected chi connectivity index (χ4v) is 3.33. The third-order valence-electron chi connectivity index (χ3n) is 4.62. The van der Waals surface area contributed by atoms with Crippen molar-refractivity contribution in [3.05, 3.63) is 72.6 Å². The third kappa shape index (κ3) is 3.70. The van der Waals surface area contributed by atoms with Gasteiger partial charge < -0.3 is 9.88 Å². The second-order valence-corrected chi connectivity index (χ2v) is 6.43. The molecule has 2 heterocycles. The van der Waals surface area contributed by atoms with Gasteiger partial charge in [0.15, 0.2) is 0 Å². The molecule has 0 radical (unpaired) electrons. The Labute approximate surface area is 167 Å². The summed E-state index contributed by atoms with van der Waals surface area (Å²) >= 11 is 0. The topological polar surface area (TPSA) is 88.4 Å². The Bertz CT molecular complexity index is 1230. The van der Waals surface area contributed by atoms with Crippen LogP contribution in [0.5, 0.6) is 0 Å². The molecule has 0 unspecified atom stereocenters. The normalized spacial score (nSPS) is 11.2. The van der Waals surface area contributed by atoms with Crippen molar-refractivity contribution in [1.29, 1.82) is 0 Å². The molecule has 0 atom stereocenters. The number of hydrazone groups is 1. The number of carbonyl (C=O) groups excluding carboxylic acids is 2. The van der Waals surface area contributed by atoms with Crippen LogP contribution in [0.1, 0.15) is 12.5 Å². The van der Waals surface area contributed by atoms with Crippen LogP contribution in [0.3, 0.4) is 0 Å². The van der Waals surface area contributed by atoms with Crippen molar-refractivity contribution in [3.8, 4) is 0 Å². The quantitative estimate of drug-likeness (QED) is 0.321. The first kappa shape index (κ1) is 18.4. The van der Waals surface area contributed by atoms with Crippen molar-refractivity contribution in [2.24, 2.45) is 5.10 Å². The Morgan fingerprint density at radius 1 is 1.03 bits per heavy atom. The molecule has 4 aromatic rings. The average molecular weight is 385 g/mol. The first-order valence-electron chi connectivity index (χ1n) is 9.23. The molecule has 0 aliphatic heterocycles. The van der Waals surface area contributed by atoms with E-state index in [-0.39, 0.29) is 0 Å². The van der Waals surface area contributed by atoms with E-state index in [2.05, 4.69) is 44.5 Å². The second kappa shape index (κ2) is 7.93. The molecule has 2 N–H and O–H groups in total. The third-order valence-corrected chi connectivity index (χ3v) is 4.62. The van der Waals surface area contributed by atoms with Crippen LogP contribution in [0.4, 0.5) is 5.69 Å². The zero-order valence-corrected chi connectivity index (χ0v) is 15.8. The highest BCUT2D eigenvalue weighted by Crippen LogP contribution is 2.30. The van der Waals surface area contributed by atoms with Crippen LogP contribution >= 0.6 is 0 Å². The van der Waals surface area contributed by atoms with Gasteiger partial charge in [0.2, 0.25) is 0 Å². The van der Waals surface area contributed by atoms with Gasteiger partial charge in [0.25, 0.3) is 0 Å². The van der Waals surface area contributed by atoms with Gasteiger partial charge in [0.1, 0.15) is 0 Å². The summed E-state index contributed by atoms with van der Waals surface area (Å²) < 4.78 is 2.22. The van der Waals surface area contributed by atoms with E-state index in [9.17, 15) is 9.59 Å². The maximum absolute atomic E-state index is 12.2. The monoisotopic (exact) mass is 385 g/mol. The average Bonchev–Trinajstić information content (AvgIpc) is 3.07. The van der Waals surface area contributed by atoms with Gasteiger partial charge in [-0.2, -0.15) is 5.10 Å². The lowest BCUT2D eigenvalue weighted by molar-refractivity contribution is -0.136. The molecule has 7 heteroatoms. The number of benzene rings is 2. The Balaban J connectivity index is 1.51. The van der Waals surface area contributed by atoms with Crippen molar-refractivity contribution in [2.75, 3.05) is 5.32 Å². The first-order valence-corrected chi connectivity index (χ1v) is 9.23. The molecule has 2 aromatic carbocycles. The number of pyridine rings is 1. The van der Waals surface area contributed by atoms with Gasteiger partial charge in [-0.15, -0.1) is 0 Å². The summed E-state index contributed by atoms with van der Waals surface area (Å²) in [7, 11) is 0. The summed E-state index contributed by atoms with van der Waals surface area (Å²) in [6, 6.07) is 17.3. The number of amides is 2. The van der Waals surface area contributed by atoms with Gasteiger partial charge >= 0.3 is 11.8 Å². The second-order valence-electron chi connectivity index (χ2n) is 6.43. The molecule has 0 spiro atoms. The van der Waals surface area contributed by atoms with E-state index < -0.39 is 11.8 Å². The van der Waals surface area contributed by atoms with Gasteiger partial charge in [-0.25, -0.2) is 5.43 Å². The summed E-state index contributed by atoms with van der Waals surface area (Å²) in [5.41, 5.74) is 5.70. The molecule has 0 fully saturated rings. The molecule has 0 saturated carbocycles. The number of nitrogens with one attached hydrogen (secondary N) is 2. The number of aromatic nitrogens is 2. The number of hydrogen-bond acceptors (Lipinski definition) is 4. The minimum Gasteiger partial charge on any atom is -0.341 e. The van der Waals surface area contributed by atoms with Crippen molar-refractivity contribution in [3.63, 3.8) is 0 Å². The summed E-state index contributed by atoms with van der Waals surface area (Å²) in [5.74, 6) is -1.63. The summed E-state index contributed by atoms with van der Waals surface area (Å²) in [5, 5.41) is 8.53. The molecular formula is C22H19N5O2. The lowest BCUT2D eigenvalue weighted by atomic mass is 10.1. The van der Waals surface area contributed by atoms with Gasteiger partial charge in [0, 0.05) is 52.0 Å². The summed E-state index contributed by atoms with van der Waals surface area (Å²) in [6.45, 7) is 2.94. The van der Waals surface area contributed by atoms with Crippen LogP contribution in [-0.4, -0.2) is 27.6 Å². The minimum atomic E-state index is -0.846. The molecule has 0 saturated heterocycles. The van der Waals surface area contributed by atoms with Crippen LogP contribution in [0.2, 0.25) is 0 Å². The van der Waals surface area contributed by atoms with Crippen LogP contribution in [-0.2, 0) is 16.1 Å². The van der Waals surface area contributed by atoms with E-state index >= 15 is 0 Å². The highest BCUT2D eigenvalue weighted by Gasteiger charge is 2.15. The molecule has 7 nitrogen and oxygen atoms in total. The molecule has 0 aliphatic rings. The first-order chi connectivity index (χ1) is 14.2. The maximum atomic E-state index is 12.2. The van der Waals surface area contributed by atoms with E-state index in [1.165, 1.54) is 6.21 Å². The molecule has 144 valence electrons.